The lowest BCUT2D eigenvalue weighted by molar-refractivity contribution is -0.128. The molecule has 0 saturated carbocycles. The molecule has 0 unspecified atom stereocenters. The second kappa shape index (κ2) is 10.1. The van der Waals surface area contributed by atoms with Gasteiger partial charge in [-0.3, -0.25) is 14.4 Å². The van der Waals surface area contributed by atoms with E-state index < -0.39 is 6.04 Å². The van der Waals surface area contributed by atoms with Crippen LogP contribution in [-0.2, 0) is 16.0 Å². The van der Waals surface area contributed by atoms with Gasteiger partial charge in [-0.1, -0.05) is 48.0 Å². The molecule has 1 aliphatic rings. The molecule has 1 saturated heterocycles. The Morgan fingerprint density at radius 1 is 1.00 bits per heavy atom. The van der Waals surface area contributed by atoms with Gasteiger partial charge < -0.3 is 15.5 Å². The summed E-state index contributed by atoms with van der Waals surface area (Å²) in [4.78, 5) is 38.9. The average Bonchev–Trinajstić information content (AvgIpc) is 2.74. The van der Waals surface area contributed by atoms with E-state index in [1.807, 2.05) is 66.4 Å². The first kappa shape index (κ1) is 21.6. The number of carbonyl (C=O) groups is 3. The van der Waals surface area contributed by atoms with E-state index in [0.29, 0.717) is 37.9 Å². The topological polar surface area (TPSA) is 78.5 Å². The van der Waals surface area contributed by atoms with Gasteiger partial charge in [-0.15, -0.1) is 0 Å². The van der Waals surface area contributed by atoms with E-state index in [1.165, 1.54) is 6.92 Å². The molecule has 1 atom stereocenters. The molecule has 0 radical (unpaired) electrons. The van der Waals surface area contributed by atoms with Gasteiger partial charge in [-0.25, -0.2) is 0 Å². The van der Waals surface area contributed by atoms with Crippen LogP contribution in [0.5, 0.6) is 0 Å². The molecule has 0 bridgehead atoms. The molecular weight excluding hydrogens is 378 g/mol. The highest BCUT2D eigenvalue weighted by Crippen LogP contribution is 2.15. The summed E-state index contributed by atoms with van der Waals surface area (Å²) in [5.74, 6) is -0.387. The van der Waals surface area contributed by atoms with Gasteiger partial charge in [-0.05, 0) is 37.5 Å². The van der Waals surface area contributed by atoms with E-state index in [9.17, 15) is 14.4 Å². The standard InChI is InChI=1S/C24H29N3O3/c1-17-8-10-20(11-9-17)24(30)27-14-12-21(13-15-27)26-23(29)22(25-18(2)28)16-19-6-4-3-5-7-19/h3-11,21-22H,12-16H2,1-2H3,(H,25,28)(H,26,29)/t22-/m1/s1. The summed E-state index contributed by atoms with van der Waals surface area (Å²) in [6.07, 6.45) is 1.83. The Kier molecular flexibility index (Phi) is 7.22. The lowest BCUT2D eigenvalue weighted by Gasteiger charge is -2.33. The maximum Gasteiger partial charge on any atom is 0.253 e. The van der Waals surface area contributed by atoms with Crippen LogP contribution in [0.1, 0.15) is 41.3 Å². The monoisotopic (exact) mass is 407 g/mol. The zero-order valence-electron chi connectivity index (χ0n) is 17.6. The Bertz CT molecular complexity index is 872. The minimum atomic E-state index is -0.614. The Labute approximate surface area is 177 Å². The van der Waals surface area contributed by atoms with Crippen LogP contribution in [0.25, 0.3) is 0 Å². The molecule has 158 valence electrons. The van der Waals surface area contributed by atoms with Crippen LogP contribution in [0.3, 0.4) is 0 Å². The Hall–Kier alpha value is -3.15. The van der Waals surface area contributed by atoms with Gasteiger partial charge in [0.05, 0.1) is 0 Å². The number of aryl methyl sites for hydroxylation is 1. The lowest BCUT2D eigenvalue weighted by Crippen LogP contribution is -2.53. The lowest BCUT2D eigenvalue weighted by atomic mass is 10.0. The van der Waals surface area contributed by atoms with E-state index in [1.54, 1.807) is 0 Å². The molecule has 3 rings (SSSR count). The summed E-state index contributed by atoms with van der Waals surface area (Å²) in [6.45, 7) is 4.61. The molecule has 6 heteroatoms. The van der Waals surface area contributed by atoms with E-state index in [4.69, 9.17) is 0 Å². The summed E-state index contributed by atoms with van der Waals surface area (Å²) in [5.41, 5.74) is 2.80. The predicted octanol–water partition coefficient (Wildman–Crippen LogP) is 2.46. The van der Waals surface area contributed by atoms with Crippen molar-refractivity contribution in [3.8, 4) is 0 Å². The Morgan fingerprint density at radius 2 is 1.63 bits per heavy atom. The highest BCUT2D eigenvalue weighted by molar-refractivity contribution is 5.94. The fraction of sp³-hybridized carbons (Fsp3) is 0.375. The van der Waals surface area contributed by atoms with Crippen LogP contribution < -0.4 is 10.6 Å². The molecule has 2 aromatic carbocycles. The highest BCUT2D eigenvalue weighted by atomic mass is 16.2. The molecule has 1 aliphatic heterocycles. The van der Waals surface area contributed by atoms with E-state index >= 15 is 0 Å². The fourth-order valence-corrected chi connectivity index (χ4v) is 3.71. The fourth-order valence-electron chi connectivity index (χ4n) is 3.71. The summed E-state index contributed by atoms with van der Waals surface area (Å²) >= 11 is 0. The van der Waals surface area contributed by atoms with Crippen molar-refractivity contribution in [3.05, 3.63) is 71.3 Å². The van der Waals surface area contributed by atoms with E-state index in [2.05, 4.69) is 10.6 Å². The number of amides is 3. The molecule has 2 N–H and O–H groups in total. The van der Waals surface area contributed by atoms with Gasteiger partial charge >= 0.3 is 0 Å². The number of benzene rings is 2. The van der Waals surface area contributed by atoms with Crippen molar-refractivity contribution in [1.82, 2.24) is 15.5 Å². The van der Waals surface area contributed by atoms with Gasteiger partial charge in [-0.2, -0.15) is 0 Å². The molecule has 1 fully saturated rings. The van der Waals surface area contributed by atoms with Crippen molar-refractivity contribution >= 4 is 17.7 Å². The minimum absolute atomic E-state index is 0.00778. The first-order valence-corrected chi connectivity index (χ1v) is 10.4. The normalized spacial score (nSPS) is 15.3. The van der Waals surface area contributed by atoms with Crippen LogP contribution in [0.4, 0.5) is 0 Å². The molecule has 0 spiro atoms. The summed E-state index contributed by atoms with van der Waals surface area (Å²) in [5, 5.41) is 5.81. The maximum atomic E-state index is 12.8. The van der Waals surface area contributed by atoms with Crippen molar-refractivity contribution in [2.24, 2.45) is 0 Å². The van der Waals surface area contributed by atoms with Crippen molar-refractivity contribution in [1.29, 1.82) is 0 Å². The molecule has 30 heavy (non-hydrogen) atoms. The summed E-state index contributed by atoms with van der Waals surface area (Å²) in [6, 6.07) is 16.6. The SMILES string of the molecule is CC(=O)N[C@H](Cc1ccccc1)C(=O)NC1CCN(C(=O)c2ccc(C)cc2)CC1. The van der Waals surface area contributed by atoms with E-state index in [0.717, 1.165) is 11.1 Å². The van der Waals surface area contributed by atoms with Crippen LogP contribution in [-0.4, -0.2) is 47.8 Å². The molecule has 0 aromatic heterocycles. The van der Waals surface area contributed by atoms with Crippen molar-refractivity contribution in [2.75, 3.05) is 13.1 Å². The zero-order valence-corrected chi connectivity index (χ0v) is 17.6. The van der Waals surface area contributed by atoms with Gasteiger partial charge in [0.25, 0.3) is 5.91 Å². The molecule has 3 amide bonds. The third kappa shape index (κ3) is 5.92. The number of carbonyl (C=O) groups excluding carboxylic acids is 3. The van der Waals surface area contributed by atoms with Gasteiger partial charge in [0.1, 0.15) is 6.04 Å². The smallest absolute Gasteiger partial charge is 0.253 e. The predicted molar refractivity (Wildman–Crippen MR) is 116 cm³/mol. The number of nitrogens with one attached hydrogen (secondary N) is 2. The van der Waals surface area contributed by atoms with Crippen LogP contribution in [0.2, 0.25) is 0 Å². The van der Waals surface area contributed by atoms with Gasteiger partial charge in [0, 0.05) is 38.0 Å². The van der Waals surface area contributed by atoms with Crippen molar-refractivity contribution in [3.63, 3.8) is 0 Å². The number of hydrogen-bond donors (Lipinski definition) is 2. The van der Waals surface area contributed by atoms with Crippen molar-refractivity contribution in [2.45, 2.75) is 45.2 Å². The quantitative estimate of drug-likeness (QED) is 0.772. The summed E-state index contributed by atoms with van der Waals surface area (Å²) in [7, 11) is 0. The third-order valence-electron chi connectivity index (χ3n) is 5.40. The number of likely N-dealkylation sites (tertiary alicyclic amines) is 1. The van der Waals surface area contributed by atoms with Crippen LogP contribution in [0.15, 0.2) is 54.6 Å². The first-order valence-electron chi connectivity index (χ1n) is 10.4. The number of nitrogens with zero attached hydrogens (tertiary/aromatic N) is 1. The second-order valence-electron chi connectivity index (χ2n) is 7.88. The molecule has 2 aromatic rings. The average molecular weight is 408 g/mol. The largest absolute Gasteiger partial charge is 0.351 e. The van der Waals surface area contributed by atoms with E-state index in [-0.39, 0.29) is 23.8 Å². The van der Waals surface area contributed by atoms with Crippen molar-refractivity contribution < 1.29 is 14.4 Å². The van der Waals surface area contributed by atoms with Crippen LogP contribution in [0, 0.1) is 6.92 Å². The van der Waals surface area contributed by atoms with Gasteiger partial charge in [0.2, 0.25) is 11.8 Å². The Balaban J connectivity index is 1.54. The Morgan fingerprint density at radius 3 is 2.23 bits per heavy atom. The molecular formula is C24H29N3O3. The first-order chi connectivity index (χ1) is 14.4. The third-order valence-corrected chi connectivity index (χ3v) is 5.40. The number of rotatable bonds is 6. The van der Waals surface area contributed by atoms with Crippen LogP contribution >= 0.6 is 0 Å². The highest BCUT2D eigenvalue weighted by Gasteiger charge is 2.27. The second-order valence-corrected chi connectivity index (χ2v) is 7.88. The molecule has 0 aliphatic carbocycles. The maximum absolute atomic E-state index is 12.8. The van der Waals surface area contributed by atoms with Gasteiger partial charge in [0.15, 0.2) is 0 Å². The number of hydrogen-bond acceptors (Lipinski definition) is 3. The molecule has 1 heterocycles. The summed E-state index contributed by atoms with van der Waals surface area (Å²) < 4.78 is 0. The zero-order chi connectivity index (χ0) is 21.5. The minimum Gasteiger partial charge on any atom is -0.351 e. The molecule has 6 nitrogen and oxygen atoms in total. The number of piperidine rings is 1.